The lowest BCUT2D eigenvalue weighted by Gasteiger charge is -2.34. The highest BCUT2D eigenvalue weighted by atomic mass is 35.5. The second kappa shape index (κ2) is 7.51. The van der Waals surface area contributed by atoms with Gasteiger partial charge in [-0.05, 0) is 50.6 Å². The maximum atomic E-state index is 12.4. The Kier molecular flexibility index (Phi) is 5.67. The molecule has 0 radical (unpaired) electrons. The fourth-order valence-electron chi connectivity index (χ4n) is 2.47. The Morgan fingerprint density at radius 1 is 1.13 bits per heavy atom. The summed E-state index contributed by atoms with van der Waals surface area (Å²) < 4.78 is 5.27. The Labute approximate surface area is 142 Å². The topological polar surface area (TPSA) is 38.3 Å². The summed E-state index contributed by atoms with van der Waals surface area (Å²) >= 11 is 5.94. The molecule has 0 spiro atoms. The summed E-state index contributed by atoms with van der Waals surface area (Å²) in [6.45, 7) is 5.97. The molecule has 4 heteroatoms. The standard InChI is InChI=1S/C19H22ClNO2/c1-4-23-18(22)19(2,3)17(14-8-6-5-7-9-14)21-16-12-10-15(20)11-13-16/h5-13,17,21H,4H2,1-3H3. The fourth-order valence-corrected chi connectivity index (χ4v) is 2.60. The molecule has 2 rings (SSSR count). The summed E-state index contributed by atoms with van der Waals surface area (Å²) in [6, 6.07) is 17.1. The maximum Gasteiger partial charge on any atom is 0.313 e. The second-order valence-electron chi connectivity index (χ2n) is 5.94. The molecule has 0 saturated carbocycles. The molecule has 0 bridgehead atoms. The first-order valence-electron chi connectivity index (χ1n) is 7.69. The van der Waals surface area contributed by atoms with Gasteiger partial charge in [-0.25, -0.2) is 0 Å². The monoisotopic (exact) mass is 331 g/mol. The van der Waals surface area contributed by atoms with Crippen molar-refractivity contribution >= 4 is 23.3 Å². The molecule has 0 aliphatic carbocycles. The first-order valence-corrected chi connectivity index (χ1v) is 8.07. The molecule has 1 unspecified atom stereocenters. The number of anilines is 1. The van der Waals surface area contributed by atoms with Crippen molar-refractivity contribution in [3.05, 3.63) is 65.2 Å². The zero-order valence-corrected chi connectivity index (χ0v) is 14.4. The number of esters is 1. The number of nitrogens with one attached hydrogen (secondary N) is 1. The number of ether oxygens (including phenoxy) is 1. The van der Waals surface area contributed by atoms with Crippen LogP contribution in [0.1, 0.15) is 32.4 Å². The zero-order chi connectivity index (χ0) is 16.9. The van der Waals surface area contributed by atoms with Gasteiger partial charge < -0.3 is 10.1 Å². The summed E-state index contributed by atoms with van der Waals surface area (Å²) in [6.07, 6.45) is 0. The van der Waals surface area contributed by atoms with Gasteiger partial charge in [0.05, 0.1) is 18.1 Å². The van der Waals surface area contributed by atoms with E-state index in [0.29, 0.717) is 11.6 Å². The van der Waals surface area contributed by atoms with E-state index in [1.54, 1.807) is 0 Å². The number of benzene rings is 2. The molecule has 0 aliphatic rings. The molecule has 0 heterocycles. The SMILES string of the molecule is CCOC(=O)C(C)(C)C(Nc1ccc(Cl)cc1)c1ccccc1. The van der Waals surface area contributed by atoms with Crippen LogP contribution in [0.25, 0.3) is 0 Å². The molecule has 0 fully saturated rings. The molecule has 122 valence electrons. The first-order chi connectivity index (χ1) is 10.9. The van der Waals surface area contributed by atoms with Crippen LogP contribution in [0, 0.1) is 5.41 Å². The van der Waals surface area contributed by atoms with Crippen molar-refractivity contribution in [2.75, 3.05) is 11.9 Å². The van der Waals surface area contributed by atoms with E-state index in [1.165, 1.54) is 0 Å². The molecular weight excluding hydrogens is 310 g/mol. The van der Waals surface area contributed by atoms with Crippen molar-refractivity contribution in [2.45, 2.75) is 26.8 Å². The van der Waals surface area contributed by atoms with Crippen molar-refractivity contribution in [3.8, 4) is 0 Å². The Balaban J connectivity index is 2.36. The molecule has 1 atom stereocenters. The molecule has 23 heavy (non-hydrogen) atoms. The predicted molar refractivity (Wildman–Crippen MR) is 94.7 cm³/mol. The number of carbonyl (C=O) groups excluding carboxylic acids is 1. The average Bonchev–Trinajstić information content (AvgIpc) is 2.55. The highest BCUT2D eigenvalue weighted by molar-refractivity contribution is 6.30. The van der Waals surface area contributed by atoms with Crippen LogP contribution in [0.3, 0.4) is 0 Å². The van der Waals surface area contributed by atoms with Crippen LogP contribution in [-0.2, 0) is 9.53 Å². The number of carbonyl (C=O) groups is 1. The van der Waals surface area contributed by atoms with Crippen LogP contribution in [0.2, 0.25) is 5.02 Å². The van der Waals surface area contributed by atoms with Crippen LogP contribution in [0.4, 0.5) is 5.69 Å². The van der Waals surface area contributed by atoms with E-state index in [0.717, 1.165) is 11.3 Å². The molecule has 0 saturated heterocycles. The quantitative estimate of drug-likeness (QED) is 0.750. The molecule has 2 aromatic carbocycles. The normalized spacial score (nSPS) is 12.5. The van der Waals surface area contributed by atoms with E-state index in [4.69, 9.17) is 16.3 Å². The second-order valence-corrected chi connectivity index (χ2v) is 6.37. The van der Waals surface area contributed by atoms with E-state index in [9.17, 15) is 4.79 Å². The lowest BCUT2D eigenvalue weighted by Crippen LogP contribution is -2.37. The minimum Gasteiger partial charge on any atom is -0.466 e. The number of halogens is 1. The lowest BCUT2D eigenvalue weighted by atomic mass is 9.80. The van der Waals surface area contributed by atoms with Crippen molar-refractivity contribution in [1.29, 1.82) is 0 Å². The highest BCUT2D eigenvalue weighted by Gasteiger charge is 2.39. The Hall–Kier alpha value is -2.00. The Morgan fingerprint density at radius 2 is 1.74 bits per heavy atom. The lowest BCUT2D eigenvalue weighted by molar-refractivity contribution is -0.154. The van der Waals surface area contributed by atoms with Crippen LogP contribution in [0.15, 0.2) is 54.6 Å². The van der Waals surface area contributed by atoms with Crippen molar-refractivity contribution in [3.63, 3.8) is 0 Å². The van der Waals surface area contributed by atoms with Gasteiger partial charge in [0.15, 0.2) is 0 Å². The highest BCUT2D eigenvalue weighted by Crippen LogP contribution is 2.37. The van der Waals surface area contributed by atoms with Gasteiger partial charge in [-0.3, -0.25) is 4.79 Å². The van der Waals surface area contributed by atoms with E-state index >= 15 is 0 Å². The molecule has 2 aromatic rings. The summed E-state index contributed by atoms with van der Waals surface area (Å²) in [5, 5.41) is 4.12. The minimum atomic E-state index is -0.725. The first kappa shape index (κ1) is 17.4. The molecule has 0 aliphatic heterocycles. The van der Waals surface area contributed by atoms with Gasteiger partial charge in [-0.15, -0.1) is 0 Å². The van der Waals surface area contributed by atoms with Crippen LogP contribution >= 0.6 is 11.6 Å². The van der Waals surface area contributed by atoms with Crippen molar-refractivity contribution in [2.24, 2.45) is 5.41 Å². The third-order valence-corrected chi connectivity index (χ3v) is 4.06. The van der Waals surface area contributed by atoms with Crippen molar-refractivity contribution in [1.82, 2.24) is 0 Å². The molecular formula is C19H22ClNO2. The zero-order valence-electron chi connectivity index (χ0n) is 13.7. The van der Waals surface area contributed by atoms with Gasteiger partial charge in [0.1, 0.15) is 0 Å². The molecule has 0 aromatic heterocycles. The van der Waals surface area contributed by atoms with Gasteiger partial charge in [-0.1, -0.05) is 41.9 Å². The summed E-state index contributed by atoms with van der Waals surface area (Å²) in [5.41, 5.74) is 1.21. The van der Waals surface area contributed by atoms with E-state index in [1.807, 2.05) is 75.4 Å². The molecule has 3 nitrogen and oxygen atoms in total. The molecule has 1 N–H and O–H groups in total. The summed E-state index contributed by atoms with van der Waals surface area (Å²) in [5.74, 6) is -0.227. The maximum absolute atomic E-state index is 12.4. The Bertz CT molecular complexity index is 638. The van der Waals surface area contributed by atoms with E-state index < -0.39 is 5.41 Å². The summed E-state index contributed by atoms with van der Waals surface area (Å²) in [4.78, 5) is 12.4. The van der Waals surface area contributed by atoms with E-state index in [2.05, 4.69) is 5.32 Å². The van der Waals surface area contributed by atoms with Crippen LogP contribution in [-0.4, -0.2) is 12.6 Å². The van der Waals surface area contributed by atoms with Crippen LogP contribution < -0.4 is 5.32 Å². The molecule has 0 amide bonds. The average molecular weight is 332 g/mol. The minimum absolute atomic E-state index is 0.219. The number of rotatable bonds is 6. The van der Waals surface area contributed by atoms with Crippen LogP contribution in [0.5, 0.6) is 0 Å². The van der Waals surface area contributed by atoms with Crippen molar-refractivity contribution < 1.29 is 9.53 Å². The Morgan fingerprint density at radius 3 is 2.30 bits per heavy atom. The smallest absolute Gasteiger partial charge is 0.313 e. The van der Waals surface area contributed by atoms with E-state index in [-0.39, 0.29) is 12.0 Å². The number of hydrogen-bond acceptors (Lipinski definition) is 3. The largest absolute Gasteiger partial charge is 0.466 e. The number of hydrogen-bond donors (Lipinski definition) is 1. The summed E-state index contributed by atoms with van der Waals surface area (Å²) in [7, 11) is 0. The van der Waals surface area contributed by atoms with Gasteiger partial charge in [0, 0.05) is 10.7 Å². The fraction of sp³-hybridized carbons (Fsp3) is 0.316. The predicted octanol–water partition coefficient (Wildman–Crippen LogP) is 5.08. The van der Waals surface area contributed by atoms with Gasteiger partial charge in [0.2, 0.25) is 0 Å². The van der Waals surface area contributed by atoms with Gasteiger partial charge in [-0.2, -0.15) is 0 Å². The third kappa shape index (κ3) is 4.26. The van der Waals surface area contributed by atoms with Gasteiger partial charge >= 0.3 is 5.97 Å². The third-order valence-electron chi connectivity index (χ3n) is 3.81. The van der Waals surface area contributed by atoms with Gasteiger partial charge in [0.25, 0.3) is 0 Å².